The van der Waals surface area contributed by atoms with Gasteiger partial charge in [-0.05, 0) is 23.8 Å². The topological polar surface area (TPSA) is 97.2 Å². The third-order valence-electron chi connectivity index (χ3n) is 4.87. The lowest BCUT2D eigenvalue weighted by molar-refractivity contribution is -0.117. The first kappa shape index (κ1) is 21.4. The second-order valence-corrected chi connectivity index (χ2v) is 8.42. The first-order chi connectivity index (χ1) is 15.3. The van der Waals surface area contributed by atoms with Gasteiger partial charge in [-0.15, -0.1) is 0 Å². The van der Waals surface area contributed by atoms with E-state index >= 15 is 0 Å². The molecule has 0 spiro atoms. The summed E-state index contributed by atoms with van der Waals surface area (Å²) in [5.74, 6) is -0.631. The summed E-state index contributed by atoms with van der Waals surface area (Å²) in [7, 11) is 3.31. The highest BCUT2D eigenvalue weighted by atomic mass is 32.1. The zero-order chi connectivity index (χ0) is 22.8. The molecule has 0 atom stereocenters. The first-order valence-corrected chi connectivity index (χ1v) is 10.7. The third-order valence-corrected chi connectivity index (χ3v) is 5.93. The number of nitrogens with one attached hydrogen (secondary N) is 1. The van der Waals surface area contributed by atoms with Gasteiger partial charge in [0.25, 0.3) is 11.5 Å². The Hall–Kier alpha value is -3.85. The Kier molecular flexibility index (Phi) is 5.83. The molecule has 32 heavy (non-hydrogen) atoms. The van der Waals surface area contributed by atoms with E-state index in [1.165, 1.54) is 11.0 Å². The number of rotatable bonds is 5. The van der Waals surface area contributed by atoms with E-state index in [-0.39, 0.29) is 18.0 Å². The van der Waals surface area contributed by atoms with Crippen molar-refractivity contribution in [3.05, 3.63) is 75.5 Å². The second-order valence-electron chi connectivity index (χ2n) is 7.42. The number of hydrogen-bond donors (Lipinski definition) is 1. The van der Waals surface area contributed by atoms with Crippen molar-refractivity contribution < 1.29 is 9.59 Å². The monoisotopic (exact) mass is 447 g/mol. The van der Waals surface area contributed by atoms with Gasteiger partial charge < -0.3 is 10.2 Å². The Balaban J connectivity index is 1.58. The standard InChI is InChI=1S/C23H21N5O3S/c1-14-21(22(31)27(2)3)32-23(24-14)25-19(29)13-28-20(30)12-11-18(26-28)17-10-6-8-15-7-4-5-9-16(15)17/h4-12H,13H2,1-3H3,(H,24,25,29). The van der Waals surface area contributed by atoms with Gasteiger partial charge in [0.2, 0.25) is 5.91 Å². The summed E-state index contributed by atoms with van der Waals surface area (Å²) in [6.45, 7) is 1.44. The van der Waals surface area contributed by atoms with Crippen LogP contribution in [0.1, 0.15) is 15.4 Å². The van der Waals surface area contributed by atoms with Crippen LogP contribution >= 0.6 is 11.3 Å². The molecule has 0 aliphatic heterocycles. The highest BCUT2D eigenvalue weighted by Gasteiger charge is 2.18. The number of hydrogen-bond acceptors (Lipinski definition) is 6. The van der Waals surface area contributed by atoms with Crippen LogP contribution in [-0.2, 0) is 11.3 Å². The lowest BCUT2D eigenvalue weighted by Crippen LogP contribution is -2.29. The molecule has 0 unspecified atom stereocenters. The Morgan fingerprint density at radius 3 is 2.59 bits per heavy atom. The predicted octanol–water partition coefficient (Wildman–Crippen LogP) is 3.17. The number of fused-ring (bicyclic) bond motifs is 1. The molecule has 0 saturated carbocycles. The summed E-state index contributed by atoms with van der Waals surface area (Å²) in [5, 5.41) is 9.44. The number of carbonyl (C=O) groups is 2. The zero-order valence-electron chi connectivity index (χ0n) is 17.8. The van der Waals surface area contributed by atoms with Crippen LogP contribution in [0.5, 0.6) is 0 Å². The van der Waals surface area contributed by atoms with Crippen molar-refractivity contribution in [2.45, 2.75) is 13.5 Å². The first-order valence-electron chi connectivity index (χ1n) is 9.88. The maximum atomic E-state index is 12.6. The third kappa shape index (κ3) is 4.28. The van der Waals surface area contributed by atoms with Crippen molar-refractivity contribution in [2.75, 3.05) is 19.4 Å². The lowest BCUT2D eigenvalue weighted by Gasteiger charge is -2.09. The summed E-state index contributed by atoms with van der Waals surface area (Å²) in [6.07, 6.45) is 0. The molecule has 0 bridgehead atoms. The maximum Gasteiger partial charge on any atom is 0.267 e. The highest BCUT2D eigenvalue weighted by Crippen LogP contribution is 2.26. The summed E-state index contributed by atoms with van der Waals surface area (Å²) in [6, 6.07) is 16.8. The molecule has 9 heteroatoms. The van der Waals surface area contributed by atoms with E-state index in [1.54, 1.807) is 27.1 Å². The van der Waals surface area contributed by atoms with Gasteiger partial charge in [-0.1, -0.05) is 53.8 Å². The highest BCUT2D eigenvalue weighted by molar-refractivity contribution is 7.17. The number of amides is 2. The summed E-state index contributed by atoms with van der Waals surface area (Å²) in [4.78, 5) is 43.3. The summed E-state index contributed by atoms with van der Waals surface area (Å²) < 4.78 is 1.12. The minimum absolute atomic E-state index is 0.179. The predicted molar refractivity (Wildman–Crippen MR) is 125 cm³/mol. The summed E-state index contributed by atoms with van der Waals surface area (Å²) in [5.41, 5.74) is 1.62. The Morgan fingerprint density at radius 1 is 1.06 bits per heavy atom. The Bertz CT molecular complexity index is 1380. The van der Waals surface area contributed by atoms with Crippen LogP contribution in [0, 0.1) is 6.92 Å². The molecule has 0 fully saturated rings. The van der Waals surface area contributed by atoms with E-state index in [9.17, 15) is 14.4 Å². The van der Waals surface area contributed by atoms with Crippen molar-refractivity contribution >= 4 is 39.1 Å². The molecule has 4 aromatic rings. The summed E-state index contributed by atoms with van der Waals surface area (Å²) >= 11 is 1.10. The van der Waals surface area contributed by atoms with E-state index in [1.807, 2.05) is 42.5 Å². The van der Waals surface area contributed by atoms with Crippen molar-refractivity contribution in [3.63, 3.8) is 0 Å². The van der Waals surface area contributed by atoms with Crippen LogP contribution in [-0.4, -0.2) is 45.6 Å². The number of aryl methyl sites for hydroxylation is 1. The number of thiazole rings is 1. The molecule has 0 aliphatic rings. The lowest BCUT2D eigenvalue weighted by atomic mass is 10.0. The van der Waals surface area contributed by atoms with Gasteiger partial charge >= 0.3 is 0 Å². The molecule has 2 aromatic carbocycles. The molecule has 0 saturated heterocycles. The molecule has 8 nitrogen and oxygen atoms in total. The Morgan fingerprint density at radius 2 is 1.81 bits per heavy atom. The smallest absolute Gasteiger partial charge is 0.267 e. The number of aromatic nitrogens is 3. The molecule has 2 amide bonds. The van der Waals surface area contributed by atoms with Crippen LogP contribution in [0.3, 0.4) is 0 Å². The fourth-order valence-corrected chi connectivity index (χ4v) is 4.30. The van der Waals surface area contributed by atoms with Gasteiger partial charge in [-0.2, -0.15) is 5.10 Å². The number of anilines is 1. The average molecular weight is 448 g/mol. The molecule has 0 radical (unpaired) electrons. The maximum absolute atomic E-state index is 12.6. The van der Waals surface area contributed by atoms with E-state index in [0.29, 0.717) is 21.4 Å². The van der Waals surface area contributed by atoms with Gasteiger partial charge in [0.1, 0.15) is 11.4 Å². The van der Waals surface area contributed by atoms with Gasteiger partial charge in [0.05, 0.1) is 11.4 Å². The van der Waals surface area contributed by atoms with E-state index in [0.717, 1.165) is 32.4 Å². The van der Waals surface area contributed by atoms with Crippen molar-refractivity contribution in [1.82, 2.24) is 19.7 Å². The number of carbonyl (C=O) groups excluding carboxylic acids is 2. The van der Waals surface area contributed by atoms with Crippen molar-refractivity contribution in [2.24, 2.45) is 0 Å². The van der Waals surface area contributed by atoms with E-state index in [4.69, 9.17) is 0 Å². The molecule has 4 rings (SSSR count). The fourth-order valence-electron chi connectivity index (χ4n) is 3.30. The minimum atomic E-state index is -0.452. The number of nitrogens with zero attached hydrogens (tertiary/aromatic N) is 4. The number of benzene rings is 2. The quantitative estimate of drug-likeness (QED) is 0.507. The molecular weight excluding hydrogens is 426 g/mol. The van der Waals surface area contributed by atoms with Crippen LogP contribution in [0.4, 0.5) is 5.13 Å². The fraction of sp³-hybridized carbons (Fsp3) is 0.174. The normalized spacial score (nSPS) is 10.8. The minimum Gasteiger partial charge on any atom is -0.344 e. The van der Waals surface area contributed by atoms with Gasteiger partial charge in [0, 0.05) is 25.7 Å². The molecule has 2 heterocycles. The van der Waals surface area contributed by atoms with Crippen molar-refractivity contribution in [1.29, 1.82) is 0 Å². The van der Waals surface area contributed by atoms with E-state index < -0.39 is 5.91 Å². The Labute approximate surface area is 188 Å². The zero-order valence-corrected chi connectivity index (χ0v) is 18.6. The van der Waals surface area contributed by atoms with Gasteiger partial charge in [0.15, 0.2) is 5.13 Å². The molecule has 2 aromatic heterocycles. The molecule has 162 valence electrons. The second kappa shape index (κ2) is 8.72. The van der Waals surface area contributed by atoms with Crippen LogP contribution in [0.25, 0.3) is 22.0 Å². The van der Waals surface area contributed by atoms with Gasteiger partial charge in [-0.25, -0.2) is 9.67 Å². The molecular formula is C23H21N5O3S. The van der Waals surface area contributed by atoms with E-state index in [2.05, 4.69) is 15.4 Å². The SMILES string of the molecule is Cc1nc(NC(=O)Cn2nc(-c3cccc4ccccc34)ccc2=O)sc1C(=O)N(C)C. The van der Waals surface area contributed by atoms with Crippen molar-refractivity contribution in [3.8, 4) is 11.3 Å². The van der Waals surface area contributed by atoms with Crippen LogP contribution in [0.2, 0.25) is 0 Å². The van der Waals surface area contributed by atoms with Gasteiger partial charge in [-0.3, -0.25) is 14.4 Å². The largest absolute Gasteiger partial charge is 0.344 e. The molecule has 0 aliphatic carbocycles. The molecule has 1 N–H and O–H groups in total. The average Bonchev–Trinajstić information content (AvgIpc) is 3.13. The van der Waals surface area contributed by atoms with Crippen LogP contribution in [0.15, 0.2) is 59.4 Å². The van der Waals surface area contributed by atoms with Crippen LogP contribution < -0.4 is 10.9 Å².